The molecule has 0 saturated carbocycles. The van der Waals surface area contributed by atoms with Gasteiger partial charge in [0.2, 0.25) is 0 Å². The zero-order valence-corrected chi connectivity index (χ0v) is 14.3. The molecule has 1 heteroatoms. The van der Waals surface area contributed by atoms with E-state index in [1.54, 1.807) is 0 Å². The summed E-state index contributed by atoms with van der Waals surface area (Å²) in [7, 11) is 0. The first kappa shape index (κ1) is 14.9. The molecule has 0 aliphatic carbocycles. The first-order chi connectivity index (χ1) is 12.9. The van der Waals surface area contributed by atoms with E-state index in [9.17, 15) is 0 Å². The average Bonchev–Trinajstić information content (AvgIpc) is 2.73. The van der Waals surface area contributed by atoms with Gasteiger partial charge in [-0.05, 0) is 44.3 Å². The molecule has 5 rings (SSSR count). The average molecular weight is 331 g/mol. The molecule has 1 aromatic heterocycles. The van der Waals surface area contributed by atoms with Crippen LogP contribution >= 0.6 is 0 Å². The third kappa shape index (κ3) is 2.37. The Bertz CT molecular complexity index is 1220. The Labute approximate surface area is 152 Å². The Morgan fingerprint density at radius 3 is 1.92 bits per heavy atom. The summed E-state index contributed by atoms with van der Waals surface area (Å²) in [6.07, 6.45) is 3.75. The second kappa shape index (κ2) is 6.12. The molecule has 0 aliphatic rings. The van der Waals surface area contributed by atoms with Crippen LogP contribution in [0.4, 0.5) is 0 Å². The number of aromatic nitrogens is 1. The maximum Gasteiger partial charge on any atom is 0.0346 e. The second-order valence-corrected chi connectivity index (χ2v) is 6.47. The highest BCUT2D eigenvalue weighted by Crippen LogP contribution is 2.37. The van der Waals surface area contributed by atoms with Crippen LogP contribution in [0.3, 0.4) is 0 Å². The third-order valence-electron chi connectivity index (χ3n) is 4.98. The number of benzene rings is 4. The lowest BCUT2D eigenvalue weighted by Crippen LogP contribution is -1.87. The van der Waals surface area contributed by atoms with E-state index in [-0.39, 0.29) is 0 Å². The van der Waals surface area contributed by atoms with Gasteiger partial charge in [0.05, 0.1) is 0 Å². The summed E-state index contributed by atoms with van der Waals surface area (Å²) < 4.78 is 0. The quantitative estimate of drug-likeness (QED) is 0.350. The van der Waals surface area contributed by atoms with Crippen molar-refractivity contribution in [1.82, 2.24) is 4.98 Å². The highest BCUT2D eigenvalue weighted by atomic mass is 14.6. The normalized spacial score (nSPS) is 11.1. The molecular weight excluding hydrogens is 314 g/mol. The topological polar surface area (TPSA) is 12.9 Å². The molecule has 1 heterocycles. The van der Waals surface area contributed by atoms with Crippen LogP contribution in [0.5, 0.6) is 0 Å². The van der Waals surface area contributed by atoms with Crippen LogP contribution in [0.25, 0.3) is 43.8 Å². The van der Waals surface area contributed by atoms with Gasteiger partial charge in [-0.1, -0.05) is 84.9 Å². The van der Waals surface area contributed by atoms with E-state index < -0.39 is 0 Å². The number of pyridine rings is 1. The van der Waals surface area contributed by atoms with E-state index >= 15 is 0 Å². The monoisotopic (exact) mass is 331 g/mol. The molecular formula is C25H17N. The van der Waals surface area contributed by atoms with E-state index in [1.807, 2.05) is 18.5 Å². The molecule has 5 aromatic rings. The molecule has 122 valence electrons. The van der Waals surface area contributed by atoms with Crippen molar-refractivity contribution < 1.29 is 0 Å². The largest absolute Gasteiger partial charge is 0.264 e. The van der Waals surface area contributed by atoms with Gasteiger partial charge in [0.15, 0.2) is 0 Å². The van der Waals surface area contributed by atoms with Gasteiger partial charge in [-0.3, -0.25) is 4.98 Å². The van der Waals surface area contributed by atoms with Crippen molar-refractivity contribution in [2.45, 2.75) is 0 Å². The van der Waals surface area contributed by atoms with E-state index in [0.29, 0.717) is 0 Å². The zero-order chi connectivity index (χ0) is 17.3. The number of hydrogen-bond donors (Lipinski definition) is 0. The Balaban J connectivity index is 1.83. The maximum absolute atomic E-state index is 4.29. The summed E-state index contributed by atoms with van der Waals surface area (Å²) in [5.41, 5.74) is 4.91. The molecule has 0 atom stereocenters. The lowest BCUT2D eigenvalue weighted by molar-refractivity contribution is 1.33. The highest BCUT2D eigenvalue weighted by Gasteiger charge is 2.11. The van der Waals surface area contributed by atoms with Crippen molar-refractivity contribution in [2.75, 3.05) is 0 Å². The molecule has 26 heavy (non-hydrogen) atoms. The van der Waals surface area contributed by atoms with Crippen LogP contribution in [0, 0.1) is 0 Å². The smallest absolute Gasteiger partial charge is 0.0346 e. The van der Waals surface area contributed by atoms with Gasteiger partial charge in [0.25, 0.3) is 0 Å². The van der Waals surface area contributed by atoms with Crippen molar-refractivity contribution >= 4 is 21.5 Å². The van der Waals surface area contributed by atoms with Crippen molar-refractivity contribution in [2.24, 2.45) is 0 Å². The van der Waals surface area contributed by atoms with Crippen molar-refractivity contribution in [1.29, 1.82) is 0 Å². The molecule has 1 nitrogen and oxygen atoms in total. The maximum atomic E-state index is 4.29. The van der Waals surface area contributed by atoms with Crippen LogP contribution in [0.15, 0.2) is 103 Å². The van der Waals surface area contributed by atoms with Crippen molar-refractivity contribution in [3.8, 4) is 22.3 Å². The molecule has 0 saturated heterocycles. The summed E-state index contributed by atoms with van der Waals surface area (Å²) in [6.45, 7) is 0. The number of hydrogen-bond acceptors (Lipinski definition) is 1. The van der Waals surface area contributed by atoms with Gasteiger partial charge >= 0.3 is 0 Å². The number of nitrogens with zero attached hydrogens (tertiary/aromatic N) is 1. The van der Waals surface area contributed by atoms with Gasteiger partial charge < -0.3 is 0 Å². The van der Waals surface area contributed by atoms with Gasteiger partial charge in [-0.15, -0.1) is 0 Å². The second-order valence-electron chi connectivity index (χ2n) is 6.47. The summed E-state index contributed by atoms with van der Waals surface area (Å²) in [6, 6.07) is 32.3. The van der Waals surface area contributed by atoms with Gasteiger partial charge in [-0.2, -0.15) is 0 Å². The molecule has 0 bridgehead atoms. The summed E-state index contributed by atoms with van der Waals surface area (Å²) in [4.78, 5) is 4.29. The molecule has 0 spiro atoms. The molecule has 4 aromatic carbocycles. The van der Waals surface area contributed by atoms with E-state index in [2.05, 4.69) is 89.9 Å². The lowest BCUT2D eigenvalue weighted by Gasteiger charge is -2.13. The summed E-state index contributed by atoms with van der Waals surface area (Å²) in [5, 5.41) is 5.08. The molecule has 0 fully saturated rings. The molecule has 0 N–H and O–H groups in total. The van der Waals surface area contributed by atoms with Crippen molar-refractivity contribution in [3.63, 3.8) is 0 Å². The van der Waals surface area contributed by atoms with Gasteiger partial charge in [0.1, 0.15) is 0 Å². The number of rotatable bonds is 2. The van der Waals surface area contributed by atoms with Gasteiger partial charge in [0, 0.05) is 18.0 Å². The van der Waals surface area contributed by atoms with Gasteiger partial charge in [-0.25, -0.2) is 0 Å². The van der Waals surface area contributed by atoms with Crippen LogP contribution in [-0.2, 0) is 0 Å². The first-order valence-corrected chi connectivity index (χ1v) is 8.82. The summed E-state index contributed by atoms with van der Waals surface area (Å²) >= 11 is 0. The molecule has 0 aliphatic heterocycles. The minimum absolute atomic E-state index is 1.15. The van der Waals surface area contributed by atoms with Crippen LogP contribution < -0.4 is 0 Å². The highest BCUT2D eigenvalue weighted by molar-refractivity contribution is 6.09. The van der Waals surface area contributed by atoms with E-state index in [4.69, 9.17) is 0 Å². The van der Waals surface area contributed by atoms with Crippen LogP contribution in [0.2, 0.25) is 0 Å². The molecule has 0 amide bonds. The predicted molar refractivity (Wildman–Crippen MR) is 110 cm³/mol. The van der Waals surface area contributed by atoms with Crippen LogP contribution in [0.1, 0.15) is 0 Å². The fourth-order valence-corrected chi connectivity index (χ4v) is 3.77. The zero-order valence-electron chi connectivity index (χ0n) is 14.3. The Morgan fingerprint density at radius 2 is 1.12 bits per heavy atom. The van der Waals surface area contributed by atoms with Crippen LogP contribution in [-0.4, -0.2) is 4.98 Å². The van der Waals surface area contributed by atoms with E-state index in [0.717, 1.165) is 5.56 Å². The number of fused-ring (bicyclic) bond motifs is 2. The first-order valence-electron chi connectivity index (χ1n) is 8.82. The molecule has 0 radical (unpaired) electrons. The third-order valence-corrected chi connectivity index (χ3v) is 4.98. The fourth-order valence-electron chi connectivity index (χ4n) is 3.77. The standard InChI is InChI=1S/C25H17N/c1-2-10-20-18(7-1)8-5-13-23(20)25-15-14-21(19-9-6-16-26-17-19)22-11-3-4-12-24(22)25/h1-17H. The Morgan fingerprint density at radius 1 is 0.462 bits per heavy atom. The van der Waals surface area contributed by atoms with E-state index in [1.165, 1.54) is 38.2 Å². The SMILES string of the molecule is c1cncc(-c2ccc(-c3cccc4ccccc34)c3ccccc23)c1. The Hall–Kier alpha value is -3.45. The summed E-state index contributed by atoms with van der Waals surface area (Å²) in [5.74, 6) is 0. The minimum atomic E-state index is 1.15. The van der Waals surface area contributed by atoms with Crippen molar-refractivity contribution in [3.05, 3.63) is 103 Å². The molecule has 0 unspecified atom stereocenters. The fraction of sp³-hybridized carbons (Fsp3) is 0. The lowest BCUT2D eigenvalue weighted by atomic mass is 9.90. The predicted octanol–water partition coefficient (Wildman–Crippen LogP) is 6.72. The minimum Gasteiger partial charge on any atom is -0.264 e. The Kier molecular flexibility index (Phi) is 3.50.